The quantitative estimate of drug-likeness (QED) is 0.289. The largest absolute Gasteiger partial charge is 0.461 e. The Morgan fingerprint density at radius 2 is 1.91 bits per heavy atom. The number of aryl methyl sites for hydroxylation is 1. The lowest BCUT2D eigenvalue weighted by Gasteiger charge is -2.22. The SMILES string of the molecule is CCCCCCCCn1cc2c(nc(NC(=O)NC3CCCCC3)n3nc(-c4ccco4)nc23)n1. The molecule has 4 aromatic rings. The molecule has 10 nitrogen and oxygen atoms in total. The van der Waals surface area contributed by atoms with Gasteiger partial charge in [-0.2, -0.15) is 14.6 Å². The summed E-state index contributed by atoms with van der Waals surface area (Å²) in [4.78, 5) is 22.1. The number of aromatic nitrogens is 6. The number of nitrogens with zero attached hydrogens (tertiary/aromatic N) is 6. The topological polar surface area (TPSA) is 115 Å². The molecule has 0 atom stereocenters. The Morgan fingerprint density at radius 1 is 1.09 bits per heavy atom. The number of rotatable bonds is 10. The van der Waals surface area contributed by atoms with Gasteiger partial charge in [0, 0.05) is 18.8 Å². The minimum Gasteiger partial charge on any atom is -0.461 e. The van der Waals surface area contributed by atoms with E-state index in [0.717, 1.165) is 44.0 Å². The summed E-state index contributed by atoms with van der Waals surface area (Å²) in [6, 6.07) is 3.51. The predicted octanol–water partition coefficient (Wildman–Crippen LogP) is 5.55. The summed E-state index contributed by atoms with van der Waals surface area (Å²) in [5.41, 5.74) is 1.12. The number of urea groups is 1. The molecule has 2 N–H and O–H groups in total. The number of anilines is 1. The average molecular weight is 479 g/mol. The molecule has 4 heterocycles. The molecule has 186 valence electrons. The number of unbranched alkanes of at least 4 members (excludes halogenated alkanes) is 5. The molecule has 0 saturated heterocycles. The molecule has 2 amide bonds. The van der Waals surface area contributed by atoms with Crippen molar-refractivity contribution in [3.05, 3.63) is 24.6 Å². The van der Waals surface area contributed by atoms with Crippen molar-refractivity contribution < 1.29 is 9.21 Å². The molecule has 1 saturated carbocycles. The van der Waals surface area contributed by atoms with E-state index in [4.69, 9.17) is 9.40 Å². The summed E-state index contributed by atoms with van der Waals surface area (Å²) in [5, 5.41) is 16.0. The number of hydrogen-bond donors (Lipinski definition) is 2. The fraction of sp³-hybridized carbons (Fsp3) is 0.560. The van der Waals surface area contributed by atoms with Gasteiger partial charge in [0.1, 0.15) is 0 Å². The summed E-state index contributed by atoms with van der Waals surface area (Å²) in [5.74, 6) is 1.28. The van der Waals surface area contributed by atoms with Crippen LogP contribution in [0.1, 0.15) is 77.6 Å². The van der Waals surface area contributed by atoms with Crippen molar-refractivity contribution in [3.63, 3.8) is 0 Å². The fourth-order valence-corrected chi connectivity index (χ4v) is 4.76. The van der Waals surface area contributed by atoms with E-state index in [1.807, 2.05) is 16.9 Å². The molecule has 0 aliphatic heterocycles. The highest BCUT2D eigenvalue weighted by Gasteiger charge is 2.21. The third-order valence-corrected chi connectivity index (χ3v) is 6.65. The molecule has 4 aromatic heterocycles. The number of fused-ring (bicyclic) bond motifs is 3. The second-order valence-electron chi connectivity index (χ2n) is 9.41. The van der Waals surface area contributed by atoms with Crippen molar-refractivity contribution in [1.82, 2.24) is 34.7 Å². The van der Waals surface area contributed by atoms with Crippen LogP contribution >= 0.6 is 0 Å². The van der Waals surface area contributed by atoms with Crippen LogP contribution in [0.2, 0.25) is 0 Å². The van der Waals surface area contributed by atoms with E-state index in [1.54, 1.807) is 16.8 Å². The zero-order chi connectivity index (χ0) is 24.0. The van der Waals surface area contributed by atoms with Crippen molar-refractivity contribution in [2.75, 3.05) is 5.32 Å². The Labute approximate surface area is 204 Å². The van der Waals surface area contributed by atoms with E-state index in [-0.39, 0.29) is 18.0 Å². The van der Waals surface area contributed by atoms with Crippen LogP contribution in [0.4, 0.5) is 10.7 Å². The molecule has 5 rings (SSSR count). The standard InChI is InChI=1S/C25H34N8O2/c1-2-3-4-5-6-10-15-32-17-19-21(30-32)28-24(29-25(34)26-18-12-8-7-9-13-18)33-23(19)27-22(31-33)20-14-11-16-35-20/h11,14,16-18H,2-10,12-13,15H2,1H3,(H2,26,28,29,30,34). The van der Waals surface area contributed by atoms with Gasteiger partial charge in [-0.25, -0.2) is 9.78 Å². The van der Waals surface area contributed by atoms with Crippen molar-refractivity contribution in [2.24, 2.45) is 0 Å². The van der Waals surface area contributed by atoms with Crippen LogP contribution in [0.15, 0.2) is 29.0 Å². The minimum atomic E-state index is -0.286. The number of hydrogen-bond acceptors (Lipinski definition) is 6. The Bertz CT molecular complexity index is 1250. The number of carbonyl (C=O) groups excluding carboxylic acids is 1. The summed E-state index contributed by atoms with van der Waals surface area (Å²) >= 11 is 0. The van der Waals surface area contributed by atoms with E-state index in [9.17, 15) is 4.79 Å². The van der Waals surface area contributed by atoms with Gasteiger partial charge in [0.15, 0.2) is 17.1 Å². The molecule has 35 heavy (non-hydrogen) atoms. The number of amides is 2. The first-order valence-electron chi connectivity index (χ1n) is 13.0. The summed E-state index contributed by atoms with van der Waals surface area (Å²) in [6.07, 6.45) is 16.4. The highest BCUT2D eigenvalue weighted by atomic mass is 16.3. The van der Waals surface area contributed by atoms with Crippen molar-refractivity contribution >= 4 is 28.7 Å². The van der Waals surface area contributed by atoms with Crippen LogP contribution in [0.5, 0.6) is 0 Å². The van der Waals surface area contributed by atoms with E-state index in [0.29, 0.717) is 22.9 Å². The second kappa shape index (κ2) is 10.9. The Kier molecular flexibility index (Phi) is 7.25. The Hall–Kier alpha value is -3.43. The third-order valence-electron chi connectivity index (χ3n) is 6.65. The summed E-state index contributed by atoms with van der Waals surface area (Å²) < 4.78 is 8.99. The molecular formula is C25H34N8O2. The maximum absolute atomic E-state index is 12.8. The van der Waals surface area contributed by atoms with Gasteiger partial charge in [0.2, 0.25) is 11.8 Å². The highest BCUT2D eigenvalue weighted by Crippen LogP contribution is 2.24. The molecule has 1 aliphatic carbocycles. The average Bonchev–Trinajstić information content (AvgIpc) is 3.61. The van der Waals surface area contributed by atoms with Crippen LogP contribution in [0.3, 0.4) is 0 Å². The number of carbonyl (C=O) groups is 1. The van der Waals surface area contributed by atoms with Gasteiger partial charge in [-0.1, -0.05) is 58.3 Å². The van der Waals surface area contributed by atoms with E-state index < -0.39 is 0 Å². The van der Waals surface area contributed by atoms with E-state index >= 15 is 0 Å². The number of nitrogens with one attached hydrogen (secondary N) is 2. The van der Waals surface area contributed by atoms with E-state index in [2.05, 4.69) is 32.7 Å². The minimum absolute atomic E-state index is 0.189. The second-order valence-corrected chi connectivity index (χ2v) is 9.41. The summed E-state index contributed by atoms with van der Waals surface area (Å²) in [6.45, 7) is 3.05. The normalized spacial score (nSPS) is 14.7. The molecule has 1 fully saturated rings. The zero-order valence-corrected chi connectivity index (χ0v) is 20.4. The summed E-state index contributed by atoms with van der Waals surface area (Å²) in [7, 11) is 0. The maximum Gasteiger partial charge on any atom is 0.321 e. The molecule has 1 aliphatic rings. The van der Waals surface area contributed by atoms with Crippen LogP contribution in [0.25, 0.3) is 28.3 Å². The van der Waals surface area contributed by atoms with Crippen LogP contribution < -0.4 is 10.6 Å². The Balaban J connectivity index is 1.40. The van der Waals surface area contributed by atoms with Crippen LogP contribution in [0, 0.1) is 0 Å². The molecule has 0 radical (unpaired) electrons. The lowest BCUT2D eigenvalue weighted by Crippen LogP contribution is -2.39. The smallest absolute Gasteiger partial charge is 0.321 e. The first-order valence-corrected chi connectivity index (χ1v) is 13.0. The first kappa shape index (κ1) is 23.3. The monoisotopic (exact) mass is 478 g/mol. The predicted molar refractivity (Wildman–Crippen MR) is 134 cm³/mol. The van der Waals surface area contributed by atoms with Gasteiger partial charge in [-0.15, -0.1) is 5.10 Å². The van der Waals surface area contributed by atoms with Gasteiger partial charge < -0.3 is 9.73 Å². The van der Waals surface area contributed by atoms with Crippen LogP contribution in [-0.4, -0.2) is 41.4 Å². The van der Waals surface area contributed by atoms with Crippen molar-refractivity contribution in [1.29, 1.82) is 0 Å². The lowest BCUT2D eigenvalue weighted by molar-refractivity contribution is 0.244. The molecule has 0 spiro atoms. The van der Waals surface area contributed by atoms with Gasteiger partial charge in [-0.3, -0.25) is 10.00 Å². The molecule has 10 heteroatoms. The van der Waals surface area contributed by atoms with Gasteiger partial charge in [-0.05, 0) is 31.4 Å². The van der Waals surface area contributed by atoms with Gasteiger partial charge >= 0.3 is 6.03 Å². The van der Waals surface area contributed by atoms with Crippen molar-refractivity contribution in [3.8, 4) is 11.6 Å². The van der Waals surface area contributed by atoms with Gasteiger partial charge in [0.05, 0.1) is 11.6 Å². The third kappa shape index (κ3) is 5.47. The lowest BCUT2D eigenvalue weighted by atomic mass is 9.96. The number of furan rings is 1. The maximum atomic E-state index is 12.8. The zero-order valence-electron chi connectivity index (χ0n) is 20.4. The highest BCUT2D eigenvalue weighted by molar-refractivity contribution is 5.93. The van der Waals surface area contributed by atoms with Crippen LogP contribution in [-0.2, 0) is 6.54 Å². The Morgan fingerprint density at radius 3 is 2.71 bits per heavy atom. The molecule has 0 unspecified atom stereocenters. The van der Waals surface area contributed by atoms with Gasteiger partial charge in [0.25, 0.3) is 0 Å². The van der Waals surface area contributed by atoms with Crippen molar-refractivity contribution in [2.45, 2.75) is 90.1 Å². The first-order chi connectivity index (χ1) is 17.2. The fourth-order valence-electron chi connectivity index (χ4n) is 4.76. The van der Waals surface area contributed by atoms with E-state index in [1.165, 1.54) is 38.5 Å². The molecule has 0 aromatic carbocycles. The molecule has 0 bridgehead atoms. The molecular weight excluding hydrogens is 444 g/mol.